The Labute approximate surface area is 200 Å². The van der Waals surface area contributed by atoms with Crippen LogP contribution >= 0.6 is 0 Å². The van der Waals surface area contributed by atoms with Gasteiger partial charge in [-0.3, -0.25) is 14.9 Å². The molecule has 0 spiro atoms. The van der Waals surface area contributed by atoms with Gasteiger partial charge in [0.1, 0.15) is 5.69 Å². The Balaban J connectivity index is 1.66. The lowest BCUT2D eigenvalue weighted by Crippen LogP contribution is -2.38. The molecule has 0 bridgehead atoms. The van der Waals surface area contributed by atoms with Crippen molar-refractivity contribution >= 4 is 28.7 Å². The number of alkyl halides is 3. The van der Waals surface area contributed by atoms with Crippen LogP contribution < -0.4 is 15.1 Å². The molecule has 2 heterocycles. The lowest BCUT2D eigenvalue weighted by molar-refractivity contribution is -0.384. The zero-order valence-electron chi connectivity index (χ0n) is 19.3. The Morgan fingerprint density at radius 1 is 1.09 bits per heavy atom. The van der Waals surface area contributed by atoms with Crippen molar-refractivity contribution in [2.75, 3.05) is 48.0 Å². The van der Waals surface area contributed by atoms with E-state index in [0.29, 0.717) is 44.2 Å². The van der Waals surface area contributed by atoms with Crippen LogP contribution in [0.2, 0.25) is 0 Å². The van der Waals surface area contributed by atoms with Gasteiger partial charge in [0, 0.05) is 37.3 Å². The highest BCUT2D eigenvalue weighted by Gasteiger charge is 2.33. The number of halogens is 3. The van der Waals surface area contributed by atoms with Crippen LogP contribution in [0, 0.1) is 10.1 Å². The van der Waals surface area contributed by atoms with Crippen molar-refractivity contribution in [3.05, 3.63) is 57.6 Å². The van der Waals surface area contributed by atoms with Gasteiger partial charge in [-0.05, 0) is 56.5 Å². The van der Waals surface area contributed by atoms with E-state index in [-0.39, 0.29) is 23.0 Å². The second kappa shape index (κ2) is 10.1. The Bertz CT molecular complexity index is 1100. The van der Waals surface area contributed by atoms with E-state index in [0.717, 1.165) is 37.5 Å². The first-order valence-electron chi connectivity index (χ1n) is 11.6. The van der Waals surface area contributed by atoms with Gasteiger partial charge in [-0.2, -0.15) is 13.2 Å². The van der Waals surface area contributed by atoms with Crippen molar-refractivity contribution in [2.24, 2.45) is 0 Å². The topological polar surface area (TPSA) is 88.0 Å². The fraction of sp³-hybridized carbons (Fsp3) is 0.458. The minimum absolute atomic E-state index is 0.0104. The van der Waals surface area contributed by atoms with Crippen LogP contribution in [0.4, 0.5) is 35.9 Å². The molecule has 8 nitrogen and oxygen atoms in total. The van der Waals surface area contributed by atoms with Crippen LogP contribution in [0.5, 0.6) is 0 Å². The minimum atomic E-state index is -4.58. The van der Waals surface area contributed by atoms with Crippen molar-refractivity contribution < 1.29 is 27.6 Å². The number of hydrogen-bond donors (Lipinski definition) is 1. The van der Waals surface area contributed by atoms with E-state index < -0.39 is 22.6 Å². The van der Waals surface area contributed by atoms with Crippen molar-refractivity contribution in [3.63, 3.8) is 0 Å². The Morgan fingerprint density at radius 2 is 1.80 bits per heavy atom. The number of rotatable bonds is 5. The number of carbonyl (C=O) groups is 1. The highest BCUT2D eigenvalue weighted by Crippen LogP contribution is 2.38. The molecule has 1 amide bonds. The molecule has 2 aromatic carbocycles. The normalized spacial score (nSPS) is 18.9. The fourth-order valence-corrected chi connectivity index (χ4v) is 4.60. The summed E-state index contributed by atoms with van der Waals surface area (Å²) in [6.45, 7) is 4.49. The van der Waals surface area contributed by atoms with Gasteiger partial charge >= 0.3 is 6.18 Å². The number of anilines is 3. The van der Waals surface area contributed by atoms with Crippen LogP contribution in [-0.4, -0.2) is 49.7 Å². The van der Waals surface area contributed by atoms with Crippen LogP contribution in [0.15, 0.2) is 36.4 Å². The summed E-state index contributed by atoms with van der Waals surface area (Å²) in [5.74, 6) is -0.716. The van der Waals surface area contributed by atoms with E-state index in [1.807, 2.05) is 16.7 Å². The molecule has 188 valence electrons. The maximum atomic E-state index is 13.4. The molecular weight excluding hydrogens is 465 g/mol. The predicted octanol–water partition coefficient (Wildman–Crippen LogP) is 5.08. The molecular formula is C24H27F3N4O4. The van der Waals surface area contributed by atoms with Crippen molar-refractivity contribution in [1.29, 1.82) is 0 Å². The third kappa shape index (κ3) is 5.50. The van der Waals surface area contributed by atoms with Gasteiger partial charge in [0.15, 0.2) is 0 Å². The number of benzene rings is 2. The number of nitrogens with zero attached hydrogens (tertiary/aromatic N) is 3. The first-order chi connectivity index (χ1) is 16.6. The Hall–Kier alpha value is -3.34. The standard InChI is InChI=1S/C24H27F3N4O4/c1-16-4-2-3-9-30(16)20-8-6-18(24(25,26)27)15-19(20)28-23(32)17-5-7-21(22(14-17)31(33)34)29-10-12-35-13-11-29/h5-8,14-16H,2-4,9-13H2,1H3,(H,28,32). The Morgan fingerprint density at radius 3 is 2.46 bits per heavy atom. The molecule has 1 atom stereocenters. The van der Waals surface area contributed by atoms with Gasteiger partial charge in [-0.25, -0.2) is 0 Å². The molecule has 1 unspecified atom stereocenters. The summed E-state index contributed by atoms with van der Waals surface area (Å²) in [6, 6.07) is 7.52. The summed E-state index contributed by atoms with van der Waals surface area (Å²) >= 11 is 0. The number of nitro benzene ring substituents is 1. The van der Waals surface area contributed by atoms with Crippen molar-refractivity contribution in [1.82, 2.24) is 0 Å². The maximum absolute atomic E-state index is 13.4. The molecule has 0 aliphatic carbocycles. The Kier molecular flexibility index (Phi) is 7.15. The van der Waals surface area contributed by atoms with E-state index in [1.165, 1.54) is 18.2 Å². The van der Waals surface area contributed by atoms with Gasteiger partial charge in [0.05, 0.1) is 35.1 Å². The first-order valence-corrected chi connectivity index (χ1v) is 11.6. The number of carbonyl (C=O) groups excluding carboxylic acids is 1. The van der Waals surface area contributed by atoms with Crippen LogP contribution in [0.3, 0.4) is 0 Å². The van der Waals surface area contributed by atoms with Crippen molar-refractivity contribution in [3.8, 4) is 0 Å². The lowest BCUT2D eigenvalue weighted by Gasteiger charge is -2.36. The SMILES string of the molecule is CC1CCCCN1c1ccc(C(F)(F)F)cc1NC(=O)c1ccc(N2CCOCC2)c([N+](=O)[O-])c1. The summed E-state index contributed by atoms with van der Waals surface area (Å²) in [4.78, 5) is 28.1. The zero-order valence-corrected chi connectivity index (χ0v) is 19.3. The largest absolute Gasteiger partial charge is 0.416 e. The quantitative estimate of drug-likeness (QED) is 0.463. The van der Waals surface area contributed by atoms with Gasteiger partial charge < -0.3 is 19.9 Å². The fourth-order valence-electron chi connectivity index (χ4n) is 4.60. The van der Waals surface area contributed by atoms with E-state index >= 15 is 0 Å². The number of ether oxygens (including phenoxy) is 1. The molecule has 2 saturated heterocycles. The average Bonchev–Trinajstić information content (AvgIpc) is 2.84. The van der Waals surface area contributed by atoms with Crippen molar-refractivity contribution in [2.45, 2.75) is 38.4 Å². The van der Waals surface area contributed by atoms with Gasteiger partial charge in [-0.1, -0.05) is 0 Å². The second-order valence-corrected chi connectivity index (χ2v) is 8.78. The van der Waals surface area contributed by atoms with Crippen LogP contribution in [-0.2, 0) is 10.9 Å². The molecule has 2 aliphatic heterocycles. The smallest absolute Gasteiger partial charge is 0.378 e. The van der Waals surface area contributed by atoms with E-state index in [4.69, 9.17) is 4.74 Å². The zero-order chi connectivity index (χ0) is 25.2. The van der Waals surface area contributed by atoms with Crippen LogP contribution in [0.1, 0.15) is 42.1 Å². The highest BCUT2D eigenvalue weighted by molar-refractivity contribution is 6.06. The van der Waals surface area contributed by atoms with Gasteiger partial charge in [-0.15, -0.1) is 0 Å². The number of amides is 1. The van der Waals surface area contributed by atoms with E-state index in [9.17, 15) is 28.1 Å². The molecule has 0 aromatic heterocycles. The number of nitro groups is 1. The molecule has 11 heteroatoms. The average molecular weight is 492 g/mol. The molecule has 0 saturated carbocycles. The van der Waals surface area contributed by atoms with E-state index in [1.54, 1.807) is 0 Å². The molecule has 2 aliphatic rings. The number of morpholine rings is 1. The summed E-state index contributed by atoms with van der Waals surface area (Å²) in [5.41, 5.74) is -0.236. The molecule has 35 heavy (non-hydrogen) atoms. The number of hydrogen-bond acceptors (Lipinski definition) is 6. The van der Waals surface area contributed by atoms with Gasteiger partial charge in [0.25, 0.3) is 11.6 Å². The molecule has 2 aromatic rings. The van der Waals surface area contributed by atoms with Crippen LogP contribution in [0.25, 0.3) is 0 Å². The summed E-state index contributed by atoms with van der Waals surface area (Å²) < 4.78 is 45.6. The van der Waals surface area contributed by atoms with Gasteiger partial charge in [0.2, 0.25) is 0 Å². The summed E-state index contributed by atoms with van der Waals surface area (Å²) in [5, 5.41) is 14.3. The maximum Gasteiger partial charge on any atom is 0.416 e. The molecule has 2 fully saturated rings. The number of nitrogens with one attached hydrogen (secondary N) is 1. The number of piperidine rings is 1. The molecule has 4 rings (SSSR count). The lowest BCUT2D eigenvalue weighted by atomic mass is 10.0. The highest BCUT2D eigenvalue weighted by atomic mass is 19.4. The minimum Gasteiger partial charge on any atom is -0.378 e. The predicted molar refractivity (Wildman–Crippen MR) is 126 cm³/mol. The van der Waals surface area contributed by atoms with E-state index in [2.05, 4.69) is 5.32 Å². The summed E-state index contributed by atoms with van der Waals surface area (Å²) in [7, 11) is 0. The second-order valence-electron chi connectivity index (χ2n) is 8.78. The summed E-state index contributed by atoms with van der Waals surface area (Å²) in [6.07, 6.45) is -1.76. The third-order valence-corrected chi connectivity index (χ3v) is 6.47. The molecule has 1 N–H and O–H groups in total. The third-order valence-electron chi connectivity index (χ3n) is 6.47. The first kappa shape index (κ1) is 24.8. The molecule has 0 radical (unpaired) electrons. The monoisotopic (exact) mass is 492 g/mol.